The molecule has 1 fully saturated rings. The standard InChI is InChI=1S/C20H26ClN3O2/c1-20(2,3)19(26)23-14-6-9-24(10-7-14)12-13-11-16(21)15-5-4-8-22-17(15)18(13)25/h4-5,8,11,14,25H,6-7,9-10,12H2,1-3H3,(H,23,26). The summed E-state index contributed by atoms with van der Waals surface area (Å²) < 4.78 is 0. The lowest BCUT2D eigenvalue weighted by Gasteiger charge is -2.33. The van der Waals surface area contributed by atoms with E-state index in [1.807, 2.05) is 39.0 Å². The number of fused-ring (bicyclic) bond motifs is 1. The molecule has 1 saturated heterocycles. The molecule has 1 aromatic carbocycles. The normalized spacial score (nSPS) is 16.8. The first-order chi connectivity index (χ1) is 12.3. The molecule has 140 valence electrons. The summed E-state index contributed by atoms with van der Waals surface area (Å²) in [6.07, 6.45) is 3.47. The van der Waals surface area contributed by atoms with Gasteiger partial charge < -0.3 is 10.4 Å². The molecule has 0 atom stereocenters. The second-order valence-corrected chi connectivity index (χ2v) is 8.45. The number of pyridine rings is 1. The van der Waals surface area contributed by atoms with Crippen LogP contribution in [0.25, 0.3) is 10.9 Å². The molecule has 1 aliphatic rings. The summed E-state index contributed by atoms with van der Waals surface area (Å²) in [6.45, 7) is 8.14. The van der Waals surface area contributed by atoms with Gasteiger partial charge in [-0.25, -0.2) is 0 Å². The van der Waals surface area contributed by atoms with E-state index in [1.54, 1.807) is 6.20 Å². The van der Waals surface area contributed by atoms with Crippen LogP contribution in [0.3, 0.4) is 0 Å². The number of piperidine rings is 1. The Morgan fingerprint density at radius 3 is 2.73 bits per heavy atom. The fraction of sp³-hybridized carbons (Fsp3) is 0.500. The molecule has 0 aliphatic carbocycles. The van der Waals surface area contributed by atoms with E-state index in [2.05, 4.69) is 15.2 Å². The molecule has 26 heavy (non-hydrogen) atoms. The number of aromatic nitrogens is 1. The Hall–Kier alpha value is -1.85. The molecule has 2 aromatic rings. The van der Waals surface area contributed by atoms with Gasteiger partial charge in [-0.05, 0) is 31.0 Å². The molecule has 1 aromatic heterocycles. The molecular formula is C20H26ClN3O2. The fourth-order valence-electron chi connectivity index (χ4n) is 3.24. The number of phenols is 1. The first kappa shape index (κ1) is 18.9. The van der Waals surface area contributed by atoms with Gasteiger partial charge in [-0.15, -0.1) is 0 Å². The van der Waals surface area contributed by atoms with Crippen molar-refractivity contribution in [3.05, 3.63) is 35.0 Å². The number of benzene rings is 1. The van der Waals surface area contributed by atoms with Gasteiger partial charge in [0.2, 0.25) is 5.91 Å². The lowest BCUT2D eigenvalue weighted by atomic mass is 9.94. The van der Waals surface area contributed by atoms with Crippen molar-refractivity contribution in [1.82, 2.24) is 15.2 Å². The van der Waals surface area contributed by atoms with E-state index in [0.717, 1.165) is 36.9 Å². The van der Waals surface area contributed by atoms with Crippen LogP contribution >= 0.6 is 11.6 Å². The molecule has 5 nitrogen and oxygen atoms in total. The first-order valence-corrected chi connectivity index (χ1v) is 9.42. The zero-order valence-corrected chi connectivity index (χ0v) is 16.3. The summed E-state index contributed by atoms with van der Waals surface area (Å²) >= 11 is 6.36. The number of aromatic hydroxyl groups is 1. The van der Waals surface area contributed by atoms with Crippen LogP contribution in [0.2, 0.25) is 5.02 Å². The molecule has 6 heteroatoms. The second kappa shape index (κ2) is 7.41. The number of phenolic OH excluding ortho intramolecular Hbond substituents is 1. The molecule has 0 unspecified atom stereocenters. The van der Waals surface area contributed by atoms with Crippen molar-refractivity contribution < 1.29 is 9.90 Å². The molecule has 3 rings (SSSR count). The molecule has 0 bridgehead atoms. The highest BCUT2D eigenvalue weighted by molar-refractivity contribution is 6.35. The molecule has 0 radical (unpaired) electrons. The van der Waals surface area contributed by atoms with Gasteiger partial charge in [-0.1, -0.05) is 32.4 Å². The van der Waals surface area contributed by atoms with Crippen LogP contribution in [0.1, 0.15) is 39.2 Å². The quantitative estimate of drug-likeness (QED) is 0.858. The van der Waals surface area contributed by atoms with Crippen molar-refractivity contribution >= 4 is 28.4 Å². The molecule has 0 spiro atoms. The highest BCUT2D eigenvalue weighted by atomic mass is 35.5. The third-order valence-corrected chi connectivity index (χ3v) is 5.21. The van der Waals surface area contributed by atoms with Gasteiger partial charge in [-0.2, -0.15) is 0 Å². The van der Waals surface area contributed by atoms with Gasteiger partial charge in [0.1, 0.15) is 11.3 Å². The highest BCUT2D eigenvalue weighted by Gasteiger charge is 2.27. The van der Waals surface area contributed by atoms with Gasteiger partial charge in [0, 0.05) is 48.2 Å². The largest absolute Gasteiger partial charge is 0.505 e. The van der Waals surface area contributed by atoms with E-state index < -0.39 is 0 Å². The maximum atomic E-state index is 12.1. The number of likely N-dealkylation sites (tertiary alicyclic amines) is 1. The predicted molar refractivity (Wildman–Crippen MR) is 104 cm³/mol. The molecular weight excluding hydrogens is 350 g/mol. The second-order valence-electron chi connectivity index (χ2n) is 8.04. The zero-order valence-electron chi connectivity index (χ0n) is 15.6. The predicted octanol–water partition coefficient (Wildman–Crippen LogP) is 3.72. The SMILES string of the molecule is CC(C)(C)C(=O)NC1CCN(Cc2cc(Cl)c3cccnc3c2O)CC1. The first-order valence-electron chi connectivity index (χ1n) is 9.04. The van der Waals surface area contributed by atoms with Crippen LogP contribution in [0.5, 0.6) is 5.75 Å². The average molecular weight is 376 g/mol. The van der Waals surface area contributed by atoms with E-state index in [-0.39, 0.29) is 23.1 Å². The van der Waals surface area contributed by atoms with E-state index in [1.165, 1.54) is 0 Å². The summed E-state index contributed by atoms with van der Waals surface area (Å²) in [5.41, 5.74) is 0.971. The summed E-state index contributed by atoms with van der Waals surface area (Å²) in [7, 11) is 0. The lowest BCUT2D eigenvalue weighted by molar-refractivity contribution is -0.129. The van der Waals surface area contributed by atoms with Crippen molar-refractivity contribution in [2.75, 3.05) is 13.1 Å². The Balaban J connectivity index is 1.64. The number of hydrogen-bond acceptors (Lipinski definition) is 4. The van der Waals surface area contributed by atoms with E-state index >= 15 is 0 Å². The third-order valence-electron chi connectivity index (χ3n) is 4.89. The molecule has 0 saturated carbocycles. The minimum Gasteiger partial charge on any atom is -0.505 e. The lowest BCUT2D eigenvalue weighted by Crippen LogP contribution is -2.47. The summed E-state index contributed by atoms with van der Waals surface area (Å²) in [6, 6.07) is 5.71. The van der Waals surface area contributed by atoms with E-state index in [0.29, 0.717) is 17.1 Å². The van der Waals surface area contributed by atoms with Crippen molar-refractivity contribution in [3.8, 4) is 5.75 Å². The average Bonchev–Trinajstić information content (AvgIpc) is 2.60. The number of rotatable bonds is 3. The van der Waals surface area contributed by atoms with Crippen LogP contribution in [0.15, 0.2) is 24.4 Å². The monoisotopic (exact) mass is 375 g/mol. The number of hydrogen-bond donors (Lipinski definition) is 2. The number of carbonyl (C=O) groups excluding carboxylic acids is 1. The summed E-state index contributed by atoms with van der Waals surface area (Å²) in [5, 5.41) is 15.1. The smallest absolute Gasteiger partial charge is 0.225 e. The van der Waals surface area contributed by atoms with Crippen molar-refractivity contribution in [3.63, 3.8) is 0 Å². The molecule has 1 amide bonds. The van der Waals surface area contributed by atoms with Crippen molar-refractivity contribution in [2.45, 2.75) is 46.2 Å². The van der Waals surface area contributed by atoms with Crippen LogP contribution in [0, 0.1) is 5.41 Å². The minimum absolute atomic E-state index is 0.0981. The van der Waals surface area contributed by atoms with E-state index in [4.69, 9.17) is 11.6 Å². The molecule has 2 heterocycles. The maximum absolute atomic E-state index is 12.1. The maximum Gasteiger partial charge on any atom is 0.225 e. The fourth-order valence-corrected chi connectivity index (χ4v) is 3.52. The Morgan fingerprint density at radius 1 is 1.38 bits per heavy atom. The van der Waals surface area contributed by atoms with Crippen LogP contribution in [-0.2, 0) is 11.3 Å². The number of amides is 1. The minimum atomic E-state index is -0.363. The zero-order chi connectivity index (χ0) is 18.9. The van der Waals surface area contributed by atoms with Gasteiger partial charge in [0.15, 0.2) is 0 Å². The highest BCUT2D eigenvalue weighted by Crippen LogP contribution is 2.34. The topological polar surface area (TPSA) is 65.5 Å². The van der Waals surface area contributed by atoms with Gasteiger partial charge in [0.25, 0.3) is 0 Å². The number of carbonyl (C=O) groups is 1. The van der Waals surface area contributed by atoms with Gasteiger partial charge >= 0.3 is 0 Å². The Kier molecular flexibility index (Phi) is 5.39. The summed E-state index contributed by atoms with van der Waals surface area (Å²) in [5.74, 6) is 0.300. The van der Waals surface area contributed by atoms with Crippen LogP contribution < -0.4 is 5.32 Å². The van der Waals surface area contributed by atoms with Gasteiger partial charge in [0.05, 0.1) is 5.02 Å². The Labute approximate surface area is 159 Å². The third kappa shape index (κ3) is 4.10. The van der Waals surface area contributed by atoms with E-state index in [9.17, 15) is 9.90 Å². The van der Waals surface area contributed by atoms with Crippen LogP contribution in [-0.4, -0.2) is 40.0 Å². The molecule has 2 N–H and O–H groups in total. The van der Waals surface area contributed by atoms with Crippen LogP contribution in [0.4, 0.5) is 0 Å². The summed E-state index contributed by atoms with van der Waals surface area (Å²) in [4.78, 5) is 18.7. The van der Waals surface area contributed by atoms with Crippen molar-refractivity contribution in [2.24, 2.45) is 5.41 Å². The molecule has 1 aliphatic heterocycles. The number of nitrogens with one attached hydrogen (secondary N) is 1. The number of nitrogens with zero attached hydrogens (tertiary/aromatic N) is 2. The number of halogens is 1. The Morgan fingerprint density at radius 2 is 2.08 bits per heavy atom. The van der Waals surface area contributed by atoms with Gasteiger partial charge in [-0.3, -0.25) is 14.7 Å². The van der Waals surface area contributed by atoms with Crippen molar-refractivity contribution in [1.29, 1.82) is 0 Å². The Bertz CT molecular complexity index is 809.